The van der Waals surface area contributed by atoms with Crippen molar-refractivity contribution in [2.45, 2.75) is 55.4 Å². The number of benzene rings is 3. The molecule has 79 heavy (non-hydrogen) atoms. The number of allylic oxidation sites excluding steroid dienone is 1. The minimum Gasteiger partial charge on any atom is -0.399 e. The van der Waals surface area contributed by atoms with Crippen LogP contribution < -0.4 is 22.1 Å². The molecule has 24 heteroatoms. The SMILES string of the molecule is C.Cc1ccc(N)cc1Nc1nccc(-c2cnccc2C)n1.Cc1ccc([N+](=O)[O-])cc1CC(=N)N.Cc1ccc([N+](=O)[O-])cc1Nc1nccc(-c2cnccc2C)n1.Cc1ccncc1C(=O)/C=C/N(C)C.O=[N+]([O-])O. The summed E-state index contributed by atoms with van der Waals surface area (Å²) in [5.41, 5.74) is 24.2. The number of aromatic nitrogens is 7. The van der Waals surface area contributed by atoms with Gasteiger partial charge in [-0.15, -0.1) is 10.1 Å². The number of anilines is 5. The highest BCUT2D eigenvalue weighted by molar-refractivity contribution is 6.05. The molecule has 8 rings (SSSR count). The van der Waals surface area contributed by atoms with Crippen LogP contribution in [0.5, 0.6) is 0 Å². The lowest BCUT2D eigenvalue weighted by atomic mass is 10.0. The summed E-state index contributed by atoms with van der Waals surface area (Å²) in [4.78, 5) is 72.1. The highest BCUT2D eigenvalue weighted by atomic mass is 16.9. The van der Waals surface area contributed by atoms with E-state index in [1.807, 2.05) is 109 Å². The zero-order chi connectivity index (χ0) is 57.5. The van der Waals surface area contributed by atoms with Crippen LogP contribution >= 0.6 is 0 Å². The van der Waals surface area contributed by atoms with Crippen molar-refractivity contribution in [1.29, 1.82) is 5.41 Å². The molecular weight excluding hydrogens is 1010 g/mol. The Labute approximate surface area is 456 Å². The van der Waals surface area contributed by atoms with Gasteiger partial charge in [-0.25, -0.2) is 19.9 Å². The molecule has 410 valence electrons. The number of hydrogen-bond donors (Lipinski definition) is 6. The topological polar surface area (TPSA) is 360 Å². The Bertz CT molecular complexity index is 3430. The van der Waals surface area contributed by atoms with Gasteiger partial charge in [-0.1, -0.05) is 25.6 Å². The molecule has 0 unspecified atom stereocenters. The predicted molar refractivity (Wildman–Crippen MR) is 305 cm³/mol. The largest absolute Gasteiger partial charge is 0.399 e. The number of hydrogen-bond acceptors (Lipinski definition) is 19. The number of carbonyl (C=O) groups excluding carboxylic acids is 1. The van der Waals surface area contributed by atoms with Gasteiger partial charge in [0.2, 0.25) is 11.9 Å². The quantitative estimate of drug-likeness (QED) is 0.0119. The minimum atomic E-state index is -1.50. The fourth-order valence-corrected chi connectivity index (χ4v) is 6.67. The number of aryl methyl sites for hydroxylation is 6. The van der Waals surface area contributed by atoms with Crippen LogP contribution in [0, 0.1) is 77.3 Å². The number of ketones is 1. The van der Waals surface area contributed by atoms with E-state index in [0.717, 1.165) is 67.1 Å². The van der Waals surface area contributed by atoms with Crippen LogP contribution in [0.3, 0.4) is 0 Å². The normalized spacial score (nSPS) is 9.97. The summed E-state index contributed by atoms with van der Waals surface area (Å²) in [5.74, 6) is 0.909. The molecule has 0 aliphatic rings. The smallest absolute Gasteiger partial charge is 0.291 e. The van der Waals surface area contributed by atoms with Gasteiger partial charge in [0.25, 0.3) is 16.5 Å². The number of pyridine rings is 3. The second kappa shape index (κ2) is 30.7. The van der Waals surface area contributed by atoms with Crippen LogP contribution in [-0.2, 0) is 6.42 Å². The molecule has 8 aromatic rings. The molecule has 8 N–H and O–H groups in total. The number of amidine groups is 1. The molecule has 0 bridgehead atoms. The van der Waals surface area contributed by atoms with Crippen molar-refractivity contribution in [1.82, 2.24) is 39.8 Å². The van der Waals surface area contributed by atoms with Crippen molar-refractivity contribution in [2.24, 2.45) is 5.73 Å². The second-order valence-corrected chi connectivity index (χ2v) is 17.1. The van der Waals surface area contributed by atoms with E-state index < -0.39 is 14.9 Å². The van der Waals surface area contributed by atoms with Gasteiger partial charge in [0.05, 0.1) is 32.8 Å². The van der Waals surface area contributed by atoms with Crippen LogP contribution in [0.2, 0.25) is 0 Å². The van der Waals surface area contributed by atoms with Gasteiger partial charge in [-0.05, 0) is 123 Å². The molecule has 0 radical (unpaired) electrons. The maximum atomic E-state index is 11.6. The maximum Gasteiger partial charge on any atom is 0.291 e. The highest BCUT2D eigenvalue weighted by Crippen LogP contribution is 2.27. The van der Waals surface area contributed by atoms with Gasteiger partial charge < -0.3 is 32.2 Å². The summed E-state index contributed by atoms with van der Waals surface area (Å²) < 4.78 is 0. The summed E-state index contributed by atoms with van der Waals surface area (Å²) in [7, 11) is 3.75. The number of nitrogens with one attached hydrogen (secondary N) is 3. The number of carbonyl (C=O) groups is 1. The third-order valence-electron chi connectivity index (χ3n) is 10.9. The van der Waals surface area contributed by atoms with Crippen molar-refractivity contribution in [2.75, 3.05) is 30.5 Å². The maximum absolute atomic E-state index is 11.6. The lowest BCUT2D eigenvalue weighted by Gasteiger charge is -2.10. The van der Waals surface area contributed by atoms with Gasteiger partial charge in [-0.2, -0.15) is 0 Å². The molecular formula is C55H62N16O8. The Morgan fingerprint density at radius 3 is 1.53 bits per heavy atom. The zero-order valence-corrected chi connectivity index (χ0v) is 43.9. The average Bonchev–Trinajstić information content (AvgIpc) is 3.39. The number of non-ortho nitro benzene ring substituents is 2. The molecule has 0 saturated heterocycles. The second-order valence-electron chi connectivity index (χ2n) is 17.1. The molecule has 24 nitrogen and oxygen atoms in total. The fraction of sp³-hybridized carbons (Fsp3) is 0.182. The van der Waals surface area contributed by atoms with Crippen molar-refractivity contribution >= 4 is 52.0 Å². The Hall–Kier alpha value is -10.7. The average molecular weight is 1080 g/mol. The third-order valence-corrected chi connectivity index (χ3v) is 10.9. The number of nitrogens with two attached hydrogens (primary N) is 2. The fourth-order valence-electron chi connectivity index (χ4n) is 6.67. The van der Waals surface area contributed by atoms with E-state index in [1.165, 1.54) is 24.3 Å². The molecule has 5 heterocycles. The molecule has 0 spiro atoms. The van der Waals surface area contributed by atoms with E-state index >= 15 is 0 Å². The summed E-state index contributed by atoms with van der Waals surface area (Å²) in [5, 5.41) is 48.4. The van der Waals surface area contributed by atoms with Crippen molar-refractivity contribution < 1.29 is 24.9 Å². The standard InChI is InChI=1S/C17H15N5O2.C17H17N5.C11H14N2O.C9H11N3O2.CH4.HNO3/c1-11-5-7-18-10-14(11)15-6-8-19-17(20-15)21-16-9-13(22(23)24)4-3-12(16)2;1-11-5-7-19-10-14(11)15-6-8-20-17(21-15)22-16-9-13(18)4-3-12(16)2;1-9-4-6-12-8-10(9)11(14)5-7-13(2)3;1-6-2-3-8(12(13)14)4-7(6)5-9(10)11;;2-1(3)4/h3-10H,1-2H3,(H,19,20,21);3-10H,18H2,1-2H3,(H,20,21,22);4-8H,1-3H3;2-4H,5H2,1H3,(H3,10,11);1H4;(H,2,3,4)/b;;7-5+;;;. The van der Waals surface area contributed by atoms with Gasteiger partial charge >= 0.3 is 0 Å². The monoisotopic (exact) mass is 1070 g/mol. The summed E-state index contributed by atoms with van der Waals surface area (Å²) in [6.07, 6.45) is 17.3. The van der Waals surface area contributed by atoms with Gasteiger partial charge in [0.15, 0.2) is 5.78 Å². The van der Waals surface area contributed by atoms with E-state index in [9.17, 15) is 25.0 Å². The molecule has 0 fully saturated rings. The molecule has 0 saturated carbocycles. The third kappa shape index (κ3) is 20.5. The predicted octanol–water partition coefficient (Wildman–Crippen LogP) is 10.6. The lowest BCUT2D eigenvalue weighted by Crippen LogP contribution is -2.13. The van der Waals surface area contributed by atoms with Crippen LogP contribution in [-0.4, -0.2) is 85.6 Å². The van der Waals surface area contributed by atoms with Crippen LogP contribution in [0.15, 0.2) is 147 Å². The Balaban J connectivity index is 0.000000276. The van der Waals surface area contributed by atoms with Gasteiger partial charge in [-0.3, -0.25) is 45.4 Å². The van der Waals surface area contributed by atoms with E-state index in [-0.39, 0.29) is 36.8 Å². The molecule has 0 aliphatic heterocycles. The van der Waals surface area contributed by atoms with Crippen molar-refractivity contribution in [3.8, 4) is 22.5 Å². The molecule has 3 aromatic carbocycles. The summed E-state index contributed by atoms with van der Waals surface area (Å²) in [6.45, 7) is 11.6. The van der Waals surface area contributed by atoms with Crippen LogP contribution in [0.1, 0.15) is 56.7 Å². The van der Waals surface area contributed by atoms with E-state index in [0.29, 0.717) is 28.8 Å². The Morgan fingerprint density at radius 2 is 1.08 bits per heavy atom. The minimum absolute atomic E-state index is 0. The molecule has 0 aliphatic carbocycles. The van der Waals surface area contributed by atoms with Crippen molar-refractivity contribution in [3.63, 3.8) is 0 Å². The Kier molecular flexibility index (Phi) is 24.3. The van der Waals surface area contributed by atoms with Crippen LogP contribution in [0.4, 0.5) is 40.3 Å². The van der Waals surface area contributed by atoms with Crippen LogP contribution in [0.25, 0.3) is 22.5 Å². The molecule has 5 aromatic heterocycles. The number of nitro groups is 2. The number of nitrogen functional groups attached to an aromatic ring is 1. The first-order valence-electron chi connectivity index (χ1n) is 23.4. The first-order chi connectivity index (χ1) is 37.0. The van der Waals surface area contributed by atoms with Gasteiger partial charge in [0.1, 0.15) is 0 Å². The first-order valence-corrected chi connectivity index (χ1v) is 23.4. The summed E-state index contributed by atoms with van der Waals surface area (Å²) in [6, 6.07) is 24.3. The number of nitro benzene ring substituents is 2. The lowest BCUT2D eigenvalue weighted by molar-refractivity contribution is -0.742. The number of rotatable bonds is 13. The van der Waals surface area contributed by atoms with E-state index in [4.69, 9.17) is 32.2 Å². The molecule has 0 atom stereocenters. The zero-order valence-electron chi connectivity index (χ0n) is 43.9. The van der Waals surface area contributed by atoms with E-state index in [2.05, 4.69) is 45.5 Å². The highest BCUT2D eigenvalue weighted by Gasteiger charge is 2.13. The van der Waals surface area contributed by atoms with Gasteiger partial charge in [0, 0.05) is 135 Å². The van der Waals surface area contributed by atoms with Crippen molar-refractivity contribution in [3.05, 3.63) is 222 Å². The Morgan fingerprint density at radius 1 is 0.633 bits per heavy atom. The summed E-state index contributed by atoms with van der Waals surface area (Å²) >= 11 is 0. The molecule has 0 amide bonds. The number of nitrogens with zero attached hydrogens (tertiary/aromatic N) is 11. The van der Waals surface area contributed by atoms with E-state index in [1.54, 1.807) is 73.9 Å². The first kappa shape index (κ1) is 62.6.